The average molecular weight is 639 g/mol. The number of likely N-dealkylation sites (N-methyl/N-ethyl adjacent to an activating group) is 2. The van der Waals surface area contributed by atoms with Crippen LogP contribution in [0.3, 0.4) is 0 Å². The molecule has 2 N–H and O–H groups in total. The molecule has 5 fully saturated rings. The molecule has 5 aliphatic rings. The fraction of sp³-hybridized carbons (Fsp3) is 0.657. The van der Waals surface area contributed by atoms with Crippen molar-refractivity contribution in [2.75, 3.05) is 14.1 Å². The molecule has 0 spiro atoms. The lowest BCUT2D eigenvalue weighted by molar-refractivity contribution is -0.207. The van der Waals surface area contributed by atoms with Gasteiger partial charge in [-0.25, -0.2) is 4.79 Å². The highest BCUT2D eigenvalue weighted by atomic mass is 16.6. The molecule has 46 heavy (non-hydrogen) atoms. The summed E-state index contributed by atoms with van der Waals surface area (Å²) in [5.74, 6) is -5.92. The van der Waals surface area contributed by atoms with E-state index >= 15 is 0 Å². The highest BCUT2D eigenvalue weighted by Crippen LogP contribution is 2.62. The maximum Gasteiger partial charge on any atom is 0.333 e. The Morgan fingerprint density at radius 2 is 1.46 bits per heavy atom. The van der Waals surface area contributed by atoms with E-state index < -0.39 is 59.4 Å². The minimum absolute atomic E-state index is 0.0451. The van der Waals surface area contributed by atoms with Crippen molar-refractivity contribution in [1.82, 2.24) is 9.80 Å². The first-order valence-corrected chi connectivity index (χ1v) is 16.5. The number of hydrogen-bond donors (Lipinski definition) is 2. The molecule has 0 radical (unpaired) electrons. The first-order valence-electron chi connectivity index (χ1n) is 16.5. The van der Waals surface area contributed by atoms with Crippen LogP contribution in [-0.2, 0) is 33.4 Å². The Kier molecular flexibility index (Phi) is 8.80. The summed E-state index contributed by atoms with van der Waals surface area (Å²) < 4.78 is 18.1. The summed E-state index contributed by atoms with van der Waals surface area (Å²) in [6.07, 6.45) is 3.15. The van der Waals surface area contributed by atoms with Crippen LogP contribution in [0.1, 0.15) is 70.8 Å². The maximum absolute atomic E-state index is 14.2. The molecule has 11 nitrogen and oxygen atoms in total. The van der Waals surface area contributed by atoms with Crippen LogP contribution in [-0.4, -0.2) is 107 Å². The van der Waals surface area contributed by atoms with Crippen molar-refractivity contribution < 1.29 is 43.6 Å². The number of allylic oxidation sites excluding steroid dienone is 1. The highest BCUT2D eigenvalue weighted by molar-refractivity contribution is 5.95. The van der Waals surface area contributed by atoms with Crippen LogP contribution < -0.4 is 0 Å². The summed E-state index contributed by atoms with van der Waals surface area (Å²) in [4.78, 5) is 58.0. The number of carboxylic acid groups (broad SMARTS) is 1. The Hall–Kier alpha value is -3.28. The zero-order chi connectivity index (χ0) is 33.1. The number of aliphatic hydroxyl groups is 1. The minimum atomic E-state index is -1.66. The van der Waals surface area contributed by atoms with Gasteiger partial charge in [-0.3, -0.25) is 24.2 Å². The lowest BCUT2D eigenvalue weighted by Gasteiger charge is -2.55. The third-order valence-corrected chi connectivity index (χ3v) is 11.9. The molecule has 0 unspecified atom stereocenters. The number of nitrogens with zero attached hydrogens (tertiary/aromatic N) is 2. The highest BCUT2D eigenvalue weighted by Gasteiger charge is 2.71. The second kappa shape index (κ2) is 12.4. The number of carbonyl (C=O) groups is 4. The van der Waals surface area contributed by atoms with Crippen molar-refractivity contribution in [3.63, 3.8) is 0 Å². The van der Waals surface area contributed by atoms with E-state index in [1.807, 2.05) is 20.2 Å². The maximum atomic E-state index is 14.2. The van der Waals surface area contributed by atoms with Crippen LogP contribution >= 0.6 is 0 Å². The third kappa shape index (κ3) is 5.44. The van der Waals surface area contributed by atoms with Crippen LogP contribution in [0, 0.1) is 17.3 Å². The number of carbonyl (C=O) groups excluding carboxylic acids is 3. The van der Waals surface area contributed by atoms with Crippen LogP contribution in [0.4, 0.5) is 0 Å². The molecule has 1 aromatic rings. The van der Waals surface area contributed by atoms with Crippen molar-refractivity contribution in [2.24, 2.45) is 17.3 Å². The number of aliphatic hydroxyl groups excluding tert-OH is 1. The predicted octanol–water partition coefficient (Wildman–Crippen LogP) is 2.90. The van der Waals surface area contributed by atoms with Crippen molar-refractivity contribution in [2.45, 2.75) is 114 Å². The molecule has 4 heterocycles. The molecule has 1 aliphatic carbocycles. The summed E-state index contributed by atoms with van der Waals surface area (Å²) in [7, 11) is 3.94. The van der Waals surface area contributed by atoms with Gasteiger partial charge >= 0.3 is 23.9 Å². The van der Waals surface area contributed by atoms with Crippen LogP contribution in [0.5, 0.6) is 0 Å². The van der Waals surface area contributed by atoms with Gasteiger partial charge in [0.05, 0.1) is 29.4 Å². The fourth-order valence-corrected chi connectivity index (χ4v) is 9.10. The molecular weight excluding hydrogens is 592 g/mol. The van der Waals surface area contributed by atoms with Gasteiger partial charge in [0, 0.05) is 55.3 Å². The van der Waals surface area contributed by atoms with E-state index in [2.05, 4.69) is 9.80 Å². The number of fused-ring (bicyclic) bond motifs is 4. The molecule has 6 rings (SSSR count). The van der Waals surface area contributed by atoms with Gasteiger partial charge in [0.1, 0.15) is 18.3 Å². The van der Waals surface area contributed by atoms with Crippen LogP contribution in [0.2, 0.25) is 0 Å². The van der Waals surface area contributed by atoms with E-state index in [0.717, 1.165) is 0 Å². The van der Waals surface area contributed by atoms with E-state index in [-0.39, 0.29) is 36.2 Å². The summed E-state index contributed by atoms with van der Waals surface area (Å²) >= 11 is 0. The Morgan fingerprint density at radius 1 is 0.848 bits per heavy atom. The molecule has 4 bridgehead atoms. The molecule has 12 atom stereocenters. The number of piperidine rings is 2. The molecule has 4 saturated heterocycles. The first-order chi connectivity index (χ1) is 21.8. The van der Waals surface area contributed by atoms with Gasteiger partial charge in [0.2, 0.25) is 0 Å². The van der Waals surface area contributed by atoms with Gasteiger partial charge in [0.25, 0.3) is 0 Å². The third-order valence-electron chi connectivity index (χ3n) is 11.9. The number of aliphatic carboxylic acids is 1. The van der Waals surface area contributed by atoms with E-state index in [1.165, 1.54) is 6.92 Å². The molecule has 1 aromatic carbocycles. The normalized spacial score (nSPS) is 40.6. The summed E-state index contributed by atoms with van der Waals surface area (Å²) in [6, 6.07) is 8.76. The van der Waals surface area contributed by atoms with Gasteiger partial charge in [0.15, 0.2) is 0 Å². The quantitative estimate of drug-likeness (QED) is 0.247. The number of carboxylic acids is 1. The monoisotopic (exact) mass is 638 g/mol. The topological polar surface area (TPSA) is 143 Å². The van der Waals surface area contributed by atoms with Crippen molar-refractivity contribution in [3.8, 4) is 0 Å². The van der Waals surface area contributed by atoms with Gasteiger partial charge in [-0.2, -0.15) is 0 Å². The predicted molar refractivity (Wildman–Crippen MR) is 165 cm³/mol. The second-order valence-electron chi connectivity index (χ2n) is 14.3. The van der Waals surface area contributed by atoms with E-state index in [9.17, 15) is 29.4 Å². The molecular formula is C35H46N2O9. The Morgan fingerprint density at radius 3 is 2.09 bits per heavy atom. The van der Waals surface area contributed by atoms with Gasteiger partial charge in [-0.15, -0.1) is 0 Å². The molecule has 250 valence electrons. The van der Waals surface area contributed by atoms with Gasteiger partial charge in [-0.05, 0) is 53.3 Å². The summed E-state index contributed by atoms with van der Waals surface area (Å²) in [5, 5.41) is 20.8. The molecule has 0 amide bonds. The van der Waals surface area contributed by atoms with E-state index in [0.29, 0.717) is 49.7 Å². The fourth-order valence-electron chi connectivity index (χ4n) is 9.10. The zero-order valence-electron chi connectivity index (χ0n) is 27.2. The Balaban J connectivity index is 1.23. The van der Waals surface area contributed by atoms with Gasteiger partial charge in [-0.1, -0.05) is 36.4 Å². The smallest absolute Gasteiger partial charge is 0.333 e. The van der Waals surface area contributed by atoms with E-state index in [4.69, 9.17) is 14.2 Å². The molecule has 0 aromatic heterocycles. The van der Waals surface area contributed by atoms with Crippen molar-refractivity contribution in [1.29, 1.82) is 0 Å². The summed E-state index contributed by atoms with van der Waals surface area (Å²) in [6.45, 7) is 5.03. The van der Waals surface area contributed by atoms with E-state index in [1.54, 1.807) is 44.2 Å². The Bertz CT molecular complexity index is 1400. The lowest BCUT2D eigenvalue weighted by Crippen LogP contribution is -2.65. The first kappa shape index (κ1) is 32.7. The average Bonchev–Trinajstić information content (AvgIpc) is 3.27. The Labute approximate surface area is 269 Å². The zero-order valence-corrected chi connectivity index (χ0v) is 27.2. The van der Waals surface area contributed by atoms with Crippen molar-refractivity contribution in [3.05, 3.63) is 47.5 Å². The number of ether oxygens (including phenoxy) is 3. The van der Waals surface area contributed by atoms with Gasteiger partial charge < -0.3 is 24.4 Å². The number of benzene rings is 1. The van der Waals surface area contributed by atoms with Crippen LogP contribution in [0.25, 0.3) is 0 Å². The minimum Gasteiger partial charge on any atom is -0.481 e. The number of rotatable bonds is 8. The molecule has 4 aliphatic heterocycles. The SMILES string of the molecule is C/C=C(\C)C(=O)O[C@@H]1C[C@@H]2C[C@@H](OC(=O)[C@H]3[C@H](c4ccccc4)[C@H](C(=O)O)[C@]3(C)C(=O)O[C@@H]3C[C@@H]4C[C@@H](O)C[C@H]3N4C)C[C@H]1N2C. The number of esters is 3. The molecule has 11 heteroatoms. The largest absolute Gasteiger partial charge is 0.481 e. The second-order valence-corrected chi connectivity index (χ2v) is 14.3. The van der Waals surface area contributed by atoms with Crippen molar-refractivity contribution >= 4 is 23.9 Å². The summed E-state index contributed by atoms with van der Waals surface area (Å²) in [5.41, 5.74) is -0.479. The number of hydrogen-bond acceptors (Lipinski definition) is 10. The standard InChI is InChI=1S/C35H46N2O9/c1-6-18(2)32(41)45-26-15-21-13-23(17-25(26)37(21)5)44-33(42)30-28(19-10-8-7-9-11-19)29(31(39)40)35(30,3)34(43)46-27-14-20-12-22(38)16-24(27)36(20)4/h6-11,20-30,38H,12-17H2,1-5H3,(H,39,40)/b18-6+/t20-,21-,22+,23+,24+,25+,26+,27+,28+,29+,30+,35-/m0/s1. The van der Waals surface area contributed by atoms with Crippen LogP contribution in [0.15, 0.2) is 42.0 Å². The lowest BCUT2D eigenvalue weighted by atomic mass is 9.45. The molecule has 1 saturated carbocycles.